The topological polar surface area (TPSA) is 31.5 Å². The first kappa shape index (κ1) is 1300. The van der Waals surface area contributed by atoms with Gasteiger partial charge in [-0.2, -0.15) is 0 Å². The minimum atomic E-state index is 0. The Labute approximate surface area is 31.1 Å². The smallest absolute Gasteiger partial charge is 0.0776 e. The number of hydrogen-bond acceptors (Lipinski definition) is 0. The molecule has 0 aromatic heterocycles. The minimum Gasteiger partial charge on any atom is -0.412 e. The third-order valence-corrected chi connectivity index (χ3v) is 0. The summed E-state index contributed by atoms with van der Waals surface area (Å²) in [6.45, 7) is 0. The van der Waals surface area contributed by atoms with E-state index in [1.807, 2.05) is 0 Å². The van der Waals surface area contributed by atoms with Crippen molar-refractivity contribution in [3.63, 3.8) is 0 Å². The zero-order chi connectivity index (χ0) is 0. The fraction of sp³-hybridized carbons (Fsp3) is 1.00. The van der Waals surface area contributed by atoms with Crippen molar-refractivity contribution in [1.82, 2.24) is 0 Å². The molecule has 0 radical (unpaired) electrons. The zero-order valence-corrected chi connectivity index (χ0v) is 2.13. The van der Waals surface area contributed by atoms with Crippen LogP contribution in [0.1, 0.15) is 7.43 Å². The summed E-state index contributed by atoms with van der Waals surface area (Å²) >= 11 is 0. The molecule has 0 aliphatic heterocycles. The molecule has 0 unspecified atom stereocenters. The van der Waals surface area contributed by atoms with E-state index in [4.69, 9.17) is 0 Å². The highest BCUT2D eigenvalue weighted by atomic mass is 35.5. The van der Waals surface area contributed by atoms with Crippen molar-refractivity contribution in [1.29, 1.82) is 0 Å². The highest BCUT2D eigenvalue weighted by Gasteiger charge is -0.0775. The highest BCUT2D eigenvalue weighted by molar-refractivity contribution is 5.85. The van der Waals surface area contributed by atoms with Crippen LogP contribution in [0.4, 0.5) is 4.70 Å². The van der Waals surface area contributed by atoms with Crippen LogP contribution in [0.25, 0.3) is 0 Å². The first-order valence-electron chi connectivity index (χ1n) is 0. The van der Waals surface area contributed by atoms with Gasteiger partial charge in [-0.25, -0.2) is 0 Å². The predicted molar refractivity (Wildman–Crippen MR) is 20.1 cm³/mol. The molecule has 0 aromatic rings. The minimum absolute atomic E-state index is 0. The number of halogens is 2. The monoisotopic (exact) mass is 90.0 g/mol. The van der Waals surface area contributed by atoms with E-state index in [9.17, 15) is 0 Å². The first-order valence-corrected chi connectivity index (χ1v) is 0. The maximum Gasteiger partial charge on any atom is -0.0776 e. The van der Waals surface area contributed by atoms with Crippen molar-refractivity contribution >= 4 is 12.4 Å². The molecule has 0 bridgehead atoms. The lowest BCUT2D eigenvalue weighted by Crippen LogP contribution is -0.289. The van der Waals surface area contributed by atoms with Crippen molar-refractivity contribution in [2.75, 3.05) is 0 Å². The summed E-state index contributed by atoms with van der Waals surface area (Å²) in [6, 6.07) is 0. The van der Waals surface area contributed by atoms with Crippen molar-refractivity contribution in [3.05, 3.63) is 0 Å². The van der Waals surface area contributed by atoms with Crippen LogP contribution >= 0.6 is 12.4 Å². The van der Waals surface area contributed by atoms with E-state index in [2.05, 4.69) is 0 Å². The van der Waals surface area contributed by atoms with Gasteiger partial charge in [0.15, 0.2) is 0 Å². The van der Waals surface area contributed by atoms with Crippen LogP contribution in [0.2, 0.25) is 0 Å². The Bertz CT molecular complexity index is 8.00. The molecule has 0 aliphatic rings. The summed E-state index contributed by atoms with van der Waals surface area (Å²) < 4.78 is 0. The Balaban J connectivity index is 0. The van der Waals surface area contributed by atoms with E-state index >= 15 is 0 Å². The van der Waals surface area contributed by atoms with E-state index in [-0.39, 0.29) is 30.0 Å². The van der Waals surface area contributed by atoms with Crippen LogP contribution in [0.5, 0.6) is 0 Å². The largest absolute Gasteiger partial charge is 0.412 e. The van der Waals surface area contributed by atoms with Gasteiger partial charge in [-0.15, -0.1) is 12.4 Å². The van der Waals surface area contributed by atoms with Crippen molar-refractivity contribution in [2.45, 2.75) is 7.43 Å². The Kier molecular flexibility index (Phi) is 152000. The van der Waals surface area contributed by atoms with Crippen LogP contribution in [-0.2, 0) is 0 Å². The van der Waals surface area contributed by atoms with E-state index < -0.39 is 0 Å². The van der Waals surface area contributed by atoms with Crippen LogP contribution < -0.4 is 0 Å². The van der Waals surface area contributed by atoms with Gasteiger partial charge in [-0.3, -0.25) is 4.70 Å². The molecular weight excluding hydrogens is 82.5 g/mol. The fourth-order valence-electron chi connectivity index (χ4n) is 0. The highest BCUT2D eigenvalue weighted by Crippen LogP contribution is 0.690. The van der Waals surface area contributed by atoms with Crippen LogP contribution in [0, 0.1) is 0 Å². The van der Waals surface area contributed by atoms with Gasteiger partial charge in [-0.1, -0.05) is 7.43 Å². The quantitative estimate of drug-likeness (QED) is 0.412. The standard InChI is InChI=1S/CH4.ClH.FH.H2O/h1H4;2*1H;1H2. The molecular formula is CH8ClFO. The lowest BCUT2D eigenvalue weighted by molar-refractivity contribution is 0.824. The molecule has 2 N–H and O–H groups in total. The van der Waals surface area contributed by atoms with Gasteiger partial charge in [-0.05, 0) is 0 Å². The van der Waals surface area contributed by atoms with Crippen LogP contribution in [0.15, 0.2) is 0 Å². The summed E-state index contributed by atoms with van der Waals surface area (Å²) in [5.74, 6) is 0. The molecule has 4 heavy (non-hydrogen) atoms. The summed E-state index contributed by atoms with van der Waals surface area (Å²) in [7, 11) is 0. The van der Waals surface area contributed by atoms with Crippen molar-refractivity contribution < 1.29 is 10.2 Å². The van der Waals surface area contributed by atoms with Gasteiger partial charge < -0.3 is 5.48 Å². The van der Waals surface area contributed by atoms with Gasteiger partial charge in [0.2, 0.25) is 0 Å². The number of hydrogen-bond donors (Lipinski definition) is 0. The Hall–Kier alpha value is 0.180. The second kappa shape index (κ2) is 466. The predicted octanol–water partition coefficient (Wildman–Crippen LogP) is 0.386. The molecule has 1 nitrogen and oxygen atoms in total. The average Bonchev–Trinajstić information content (AvgIpc) is 0. The van der Waals surface area contributed by atoms with Gasteiger partial charge in [0.25, 0.3) is 0 Å². The van der Waals surface area contributed by atoms with Crippen molar-refractivity contribution in [2.24, 2.45) is 0 Å². The van der Waals surface area contributed by atoms with E-state index in [1.165, 1.54) is 0 Å². The molecule has 0 spiro atoms. The second-order valence-electron chi connectivity index (χ2n) is 0. The Morgan fingerprint density at radius 3 is 1.00 bits per heavy atom. The van der Waals surface area contributed by atoms with Gasteiger partial charge >= 0.3 is 0 Å². The molecule has 0 aliphatic carbocycles. The van der Waals surface area contributed by atoms with Gasteiger partial charge in [0, 0.05) is 0 Å². The zero-order valence-electron chi connectivity index (χ0n) is 1.32. The molecule has 0 heterocycles. The van der Waals surface area contributed by atoms with Crippen LogP contribution in [-0.4, -0.2) is 5.48 Å². The summed E-state index contributed by atoms with van der Waals surface area (Å²) in [6.07, 6.45) is 0. The molecule has 0 aromatic carbocycles. The van der Waals surface area contributed by atoms with Crippen molar-refractivity contribution in [3.8, 4) is 0 Å². The average molecular weight is 90.5 g/mol. The van der Waals surface area contributed by atoms with Crippen LogP contribution in [0.3, 0.4) is 0 Å². The lowest BCUT2D eigenvalue weighted by atomic mass is 12.0. The van der Waals surface area contributed by atoms with E-state index in [0.717, 1.165) is 0 Å². The third kappa shape index (κ3) is 93.7. The molecule has 3 heteroatoms. The second-order valence-corrected chi connectivity index (χ2v) is 0. The molecule has 0 saturated heterocycles. The first-order chi connectivity index (χ1) is 0. The molecule has 0 atom stereocenters. The fourth-order valence-corrected chi connectivity index (χ4v) is 0. The maximum absolute atomic E-state index is 0. The molecule has 0 amide bonds. The van der Waals surface area contributed by atoms with E-state index in [0.29, 0.717) is 0 Å². The SMILES string of the molecule is C.Cl.F.O. The third-order valence-electron chi connectivity index (χ3n) is 0. The summed E-state index contributed by atoms with van der Waals surface area (Å²) in [5, 5.41) is 0. The Morgan fingerprint density at radius 1 is 1.00 bits per heavy atom. The number of rotatable bonds is 0. The van der Waals surface area contributed by atoms with E-state index in [1.54, 1.807) is 0 Å². The lowest BCUT2D eigenvalue weighted by Gasteiger charge is -0.412. The van der Waals surface area contributed by atoms with Gasteiger partial charge in [0.1, 0.15) is 0 Å². The summed E-state index contributed by atoms with van der Waals surface area (Å²) in [4.78, 5) is 0. The normalized spacial score (nSPS) is 0. The molecule has 0 rings (SSSR count). The molecule has 0 saturated carbocycles. The molecule has 32 valence electrons. The Morgan fingerprint density at radius 2 is 1.00 bits per heavy atom. The molecule has 0 fully saturated rings. The van der Waals surface area contributed by atoms with Gasteiger partial charge in [0.05, 0.1) is 0 Å². The maximum atomic E-state index is 0. The summed E-state index contributed by atoms with van der Waals surface area (Å²) in [5.41, 5.74) is 0.